The van der Waals surface area contributed by atoms with Crippen LogP contribution in [0.2, 0.25) is 0 Å². The molecule has 0 aliphatic carbocycles. The molecule has 4 fully saturated rings. The van der Waals surface area contributed by atoms with Crippen molar-refractivity contribution in [2.45, 2.75) is 112 Å². The van der Waals surface area contributed by atoms with Gasteiger partial charge in [-0.05, 0) is 142 Å². The summed E-state index contributed by atoms with van der Waals surface area (Å²) in [7, 11) is 0. The van der Waals surface area contributed by atoms with E-state index in [9.17, 15) is 14.4 Å². The molecule has 0 saturated carbocycles. The molecule has 0 radical (unpaired) electrons. The first kappa shape index (κ1) is 74.0. The number of nitrogens with one attached hydrogen (secondary N) is 5. The van der Waals surface area contributed by atoms with Crippen molar-refractivity contribution >= 4 is 39.7 Å². The summed E-state index contributed by atoms with van der Waals surface area (Å²) in [6.07, 6.45) is 13.2. The third kappa shape index (κ3) is 18.3. The highest BCUT2D eigenvalue weighted by atomic mass is 16.6. The second-order valence-electron chi connectivity index (χ2n) is 28.8. The van der Waals surface area contributed by atoms with Crippen molar-refractivity contribution in [2.24, 2.45) is 0 Å². The maximum absolute atomic E-state index is 13.7. The number of imidazole rings is 2. The number of pyridine rings is 2. The van der Waals surface area contributed by atoms with Gasteiger partial charge in [0.25, 0.3) is 11.8 Å². The molecule has 0 spiro atoms. The van der Waals surface area contributed by atoms with Crippen LogP contribution in [0.25, 0.3) is 67.1 Å². The van der Waals surface area contributed by atoms with Crippen LogP contribution in [0.5, 0.6) is 0 Å². The van der Waals surface area contributed by atoms with Gasteiger partial charge in [0.2, 0.25) is 0 Å². The molecule has 552 valence electrons. The molecule has 4 saturated heterocycles. The summed E-state index contributed by atoms with van der Waals surface area (Å²) in [6.45, 7) is 30.6. The second-order valence-corrected chi connectivity index (χ2v) is 28.8. The minimum absolute atomic E-state index is 0.0298. The van der Waals surface area contributed by atoms with E-state index in [1.807, 2.05) is 85.2 Å². The van der Waals surface area contributed by atoms with Crippen molar-refractivity contribution in [1.82, 2.24) is 89.9 Å². The largest absolute Gasteiger partial charge is 0.444 e. The topological polar surface area (TPSA) is 243 Å². The van der Waals surface area contributed by atoms with Crippen LogP contribution in [0.15, 0.2) is 165 Å². The molecule has 5 aromatic carbocycles. The van der Waals surface area contributed by atoms with E-state index >= 15 is 0 Å². The van der Waals surface area contributed by atoms with E-state index in [1.165, 1.54) is 40.9 Å². The average Bonchev–Trinajstić information content (AvgIpc) is 1.60. The molecule has 4 aliphatic rings. The number of hydrogen-bond donors (Lipinski definition) is 5. The Kier molecular flexibility index (Phi) is 24.3. The summed E-state index contributed by atoms with van der Waals surface area (Å²) in [5.74, 6) is 1.02. The van der Waals surface area contributed by atoms with E-state index in [0.717, 1.165) is 146 Å². The first-order valence-electron chi connectivity index (χ1n) is 37.5. The van der Waals surface area contributed by atoms with Crippen LogP contribution in [0.4, 0.5) is 4.79 Å². The van der Waals surface area contributed by atoms with Crippen LogP contribution < -0.4 is 10.6 Å². The molecule has 3 amide bonds. The number of carbonyl (C=O) groups is 3. The SMILES string of the molecule is CCN(Cc1cncc(-c2ccc3c(c2)c(-c2ncc(C(=O)N4CCN(Cc5ccccc5)CC4)[nH]2)nn3C2CCCCO2)c1C)C(=O)OC(C)(C)C.CCNCc1cncc(-c2ccc3[nH]nc(-c4ncc(C(=O)N5CCN(Cc6ccccc6)CC5)[nH]4)c3c2)c1C.c1ccc(CN2CCNCC2)cc1. The van der Waals surface area contributed by atoms with Gasteiger partial charge in [0.15, 0.2) is 17.9 Å². The van der Waals surface area contributed by atoms with Crippen LogP contribution in [0.3, 0.4) is 0 Å². The molecule has 1 atom stereocenters. The molecular formula is C83H100N18O5. The highest BCUT2D eigenvalue weighted by molar-refractivity contribution is 5.98. The molecule has 6 aromatic heterocycles. The van der Waals surface area contributed by atoms with Crippen LogP contribution in [0, 0.1) is 13.8 Å². The van der Waals surface area contributed by atoms with Crippen LogP contribution in [-0.2, 0) is 42.2 Å². The summed E-state index contributed by atoms with van der Waals surface area (Å²) in [5.41, 5.74) is 16.0. The van der Waals surface area contributed by atoms with Gasteiger partial charge < -0.3 is 44.8 Å². The Morgan fingerprint density at radius 3 is 1.64 bits per heavy atom. The van der Waals surface area contributed by atoms with Crippen molar-refractivity contribution in [3.05, 3.63) is 215 Å². The van der Waals surface area contributed by atoms with Gasteiger partial charge in [-0.15, -0.1) is 0 Å². The molecule has 11 aromatic rings. The number of hydrogen-bond acceptors (Lipinski definition) is 16. The minimum atomic E-state index is -0.583. The molecule has 1 unspecified atom stereocenters. The number of nitrogens with zero attached hydrogens (tertiary/aromatic N) is 13. The van der Waals surface area contributed by atoms with Gasteiger partial charge in [-0.1, -0.05) is 110 Å². The number of piperazine rings is 3. The maximum Gasteiger partial charge on any atom is 0.410 e. The van der Waals surface area contributed by atoms with Crippen LogP contribution >= 0.6 is 0 Å². The number of ether oxygens (including phenoxy) is 2. The lowest BCUT2D eigenvalue weighted by molar-refractivity contribution is -0.0365. The molecule has 4 aliphatic heterocycles. The molecule has 23 heteroatoms. The second kappa shape index (κ2) is 34.8. The predicted octanol–water partition coefficient (Wildman–Crippen LogP) is 12.7. The van der Waals surface area contributed by atoms with Crippen molar-refractivity contribution in [1.29, 1.82) is 0 Å². The first-order valence-corrected chi connectivity index (χ1v) is 37.5. The van der Waals surface area contributed by atoms with Gasteiger partial charge in [-0.2, -0.15) is 10.2 Å². The van der Waals surface area contributed by atoms with E-state index in [4.69, 9.17) is 19.6 Å². The average molecular weight is 1430 g/mol. The fourth-order valence-electron chi connectivity index (χ4n) is 14.2. The highest BCUT2D eigenvalue weighted by Gasteiger charge is 2.30. The Balaban J connectivity index is 0.000000164. The standard InChI is InChI=1S/C41H50N8O4.C31H34N8O.C11H16N2/c1-6-47(40(51)53-41(3,4)5)27-31-23-42-24-33(28(31)2)30-15-16-35-32(22-30)37(45-49(35)36-14-10-11-21-52-36)38-43-25-34(44-38)39(50)48-19-17-46(18-20-48)26-29-12-8-7-9-13-29;1-3-32-16-24-17-33-18-26(21(24)2)23-9-10-27-25(15-23)29(37-36-27)30-34-19-28(35-30)31(40)39-13-11-38(12-14-39)20-22-7-5-4-6-8-22;1-2-4-11(5-3-1)10-13-8-6-12-7-9-13/h7-9,12-13,15-16,22-25,36H,6,10-11,14,17-21,26-27H2,1-5H3,(H,43,44);4-10,15,17-19,32H,3,11-14,16,20H2,1-2H3,(H,34,35)(H,36,37);1-5,12H,6-10H2. The number of fused-ring (bicyclic) bond motifs is 2. The smallest absolute Gasteiger partial charge is 0.410 e. The van der Waals surface area contributed by atoms with Crippen molar-refractivity contribution in [2.75, 3.05) is 98.2 Å². The van der Waals surface area contributed by atoms with E-state index in [2.05, 4.69) is 190 Å². The van der Waals surface area contributed by atoms with Crippen molar-refractivity contribution < 1.29 is 23.9 Å². The summed E-state index contributed by atoms with van der Waals surface area (Å²) in [6, 6.07) is 44.1. The summed E-state index contributed by atoms with van der Waals surface area (Å²) < 4.78 is 13.8. The zero-order valence-electron chi connectivity index (χ0n) is 62.3. The molecule has 23 nitrogen and oxygen atoms in total. The molecule has 0 bridgehead atoms. The van der Waals surface area contributed by atoms with Crippen molar-refractivity contribution in [3.8, 4) is 45.3 Å². The number of aromatic nitrogens is 10. The first-order chi connectivity index (χ1) is 51.6. The van der Waals surface area contributed by atoms with E-state index in [1.54, 1.807) is 17.3 Å². The van der Waals surface area contributed by atoms with Gasteiger partial charge in [0.1, 0.15) is 28.4 Å². The lowest BCUT2D eigenvalue weighted by Crippen LogP contribution is -2.48. The number of aromatic amines is 3. The highest BCUT2D eigenvalue weighted by Crippen LogP contribution is 2.37. The maximum atomic E-state index is 13.7. The van der Waals surface area contributed by atoms with Gasteiger partial charge >= 0.3 is 6.09 Å². The number of rotatable bonds is 19. The lowest BCUT2D eigenvalue weighted by atomic mass is 9.97. The minimum Gasteiger partial charge on any atom is -0.444 e. The quantitative estimate of drug-likeness (QED) is 0.0505. The van der Waals surface area contributed by atoms with Gasteiger partial charge in [0.05, 0.1) is 30.0 Å². The third-order valence-corrected chi connectivity index (χ3v) is 20.3. The third-order valence-electron chi connectivity index (χ3n) is 20.3. The Hall–Kier alpha value is -10.3. The van der Waals surface area contributed by atoms with E-state index < -0.39 is 5.60 Å². The zero-order chi connectivity index (χ0) is 73.5. The van der Waals surface area contributed by atoms with Gasteiger partial charge in [-0.3, -0.25) is 39.4 Å². The predicted molar refractivity (Wildman–Crippen MR) is 415 cm³/mol. The zero-order valence-corrected chi connectivity index (χ0v) is 62.3. The molecule has 10 heterocycles. The number of H-pyrrole nitrogens is 3. The molecule has 15 rings (SSSR count). The fraction of sp³-hybridized carbons (Fsp3) is 0.386. The van der Waals surface area contributed by atoms with Crippen LogP contribution in [-0.4, -0.2) is 201 Å². The van der Waals surface area contributed by atoms with E-state index in [-0.39, 0.29) is 24.1 Å². The number of benzene rings is 5. The molecule has 106 heavy (non-hydrogen) atoms. The summed E-state index contributed by atoms with van der Waals surface area (Å²) in [5, 5.41) is 21.3. The molecule has 5 N–H and O–H groups in total. The normalized spacial score (nSPS) is 16.1. The van der Waals surface area contributed by atoms with Gasteiger partial charge in [0, 0.05) is 165 Å². The number of carbonyl (C=O) groups excluding carboxylic acids is 3. The van der Waals surface area contributed by atoms with Crippen molar-refractivity contribution in [3.63, 3.8) is 0 Å². The summed E-state index contributed by atoms with van der Waals surface area (Å²) in [4.78, 5) is 77.6. The van der Waals surface area contributed by atoms with E-state index in [0.29, 0.717) is 80.3 Å². The number of amides is 3. The Bertz CT molecular complexity index is 4710. The van der Waals surface area contributed by atoms with Gasteiger partial charge in [-0.25, -0.2) is 19.4 Å². The van der Waals surface area contributed by atoms with Crippen LogP contribution in [0.1, 0.15) is 120 Å². The summed E-state index contributed by atoms with van der Waals surface area (Å²) >= 11 is 0. The Morgan fingerprint density at radius 2 is 1.11 bits per heavy atom. The Morgan fingerprint density at radius 1 is 0.594 bits per heavy atom. The monoisotopic (exact) mass is 1430 g/mol. The lowest BCUT2D eigenvalue weighted by Gasteiger charge is -2.34. The Labute approximate surface area is 621 Å². The fourth-order valence-corrected chi connectivity index (χ4v) is 14.2. The molecular weight excluding hydrogens is 1330 g/mol.